The Morgan fingerprint density at radius 2 is 2.20 bits per heavy atom. The highest BCUT2D eigenvalue weighted by atomic mass is 32.2. The van der Waals surface area contributed by atoms with Crippen molar-refractivity contribution in [1.29, 1.82) is 0 Å². The van der Waals surface area contributed by atoms with Gasteiger partial charge in [-0.25, -0.2) is 0 Å². The van der Waals surface area contributed by atoms with Crippen molar-refractivity contribution in [1.82, 2.24) is 0 Å². The van der Waals surface area contributed by atoms with Crippen LogP contribution in [0.3, 0.4) is 0 Å². The molecule has 4 heteroatoms. The van der Waals surface area contributed by atoms with Crippen LogP contribution in [0.15, 0.2) is 29.2 Å². The Kier molecular flexibility index (Phi) is 4.65. The number of ketones is 1. The highest BCUT2D eigenvalue weighted by molar-refractivity contribution is 7.85. The van der Waals surface area contributed by atoms with Gasteiger partial charge in [0.15, 0.2) is 5.78 Å². The summed E-state index contributed by atoms with van der Waals surface area (Å²) in [5.41, 5.74) is 1.04. The van der Waals surface area contributed by atoms with E-state index in [1.165, 1.54) is 7.11 Å². The van der Waals surface area contributed by atoms with E-state index in [9.17, 15) is 9.00 Å². The summed E-state index contributed by atoms with van der Waals surface area (Å²) in [4.78, 5) is 11.9. The van der Waals surface area contributed by atoms with Crippen molar-refractivity contribution in [2.75, 3.05) is 19.5 Å². The first-order valence-electron chi connectivity index (χ1n) is 4.59. The number of carbonyl (C=O) groups excluding carboxylic acids is 1. The molecule has 1 rings (SSSR count). The van der Waals surface area contributed by atoms with Gasteiger partial charge in [-0.2, -0.15) is 0 Å². The van der Waals surface area contributed by atoms with Crippen molar-refractivity contribution < 1.29 is 13.7 Å². The van der Waals surface area contributed by atoms with E-state index >= 15 is 0 Å². The van der Waals surface area contributed by atoms with E-state index in [4.69, 9.17) is 0 Å². The number of carbonyl (C=O) groups is 1. The van der Waals surface area contributed by atoms with Gasteiger partial charge in [-0.15, -0.1) is 0 Å². The standard InChI is InChI=1S/C11H14O3S/c1-9-4-3-5-11(6-9)15(13)8-10(12)7-14-2/h3-6H,7-8H2,1-2H3. The Bertz CT molecular complexity index is 374. The van der Waals surface area contributed by atoms with Crippen LogP contribution in [0, 0.1) is 6.92 Å². The number of hydrogen-bond donors (Lipinski definition) is 0. The quantitative estimate of drug-likeness (QED) is 0.760. The van der Waals surface area contributed by atoms with Crippen molar-refractivity contribution in [3.63, 3.8) is 0 Å². The molecule has 0 saturated carbocycles. The van der Waals surface area contributed by atoms with Crippen molar-refractivity contribution in [2.24, 2.45) is 0 Å². The second-order valence-corrected chi connectivity index (χ2v) is 4.73. The van der Waals surface area contributed by atoms with Crippen LogP contribution in [0.5, 0.6) is 0 Å². The summed E-state index contributed by atoms with van der Waals surface area (Å²) in [7, 11) is 0.197. The average molecular weight is 226 g/mol. The minimum Gasteiger partial charge on any atom is -0.377 e. The van der Waals surface area contributed by atoms with Crippen LogP contribution < -0.4 is 0 Å². The maximum atomic E-state index is 11.7. The van der Waals surface area contributed by atoms with Crippen molar-refractivity contribution >= 4 is 16.6 Å². The fourth-order valence-electron chi connectivity index (χ4n) is 1.19. The van der Waals surface area contributed by atoms with Gasteiger partial charge in [0.05, 0.1) is 16.6 Å². The molecule has 1 aromatic carbocycles. The summed E-state index contributed by atoms with van der Waals surface area (Å²) in [5, 5.41) is 0. The average Bonchev–Trinajstić information content (AvgIpc) is 2.18. The molecule has 82 valence electrons. The molecule has 1 aromatic rings. The number of hydrogen-bond acceptors (Lipinski definition) is 3. The molecule has 0 aromatic heterocycles. The fraction of sp³-hybridized carbons (Fsp3) is 0.364. The lowest BCUT2D eigenvalue weighted by molar-refractivity contribution is -0.120. The molecule has 1 unspecified atom stereocenters. The largest absolute Gasteiger partial charge is 0.377 e. The maximum Gasteiger partial charge on any atom is 0.171 e. The number of ether oxygens (including phenoxy) is 1. The number of aryl methyl sites for hydroxylation is 1. The lowest BCUT2D eigenvalue weighted by Crippen LogP contribution is -2.15. The van der Waals surface area contributed by atoms with Crippen LogP contribution in [-0.2, 0) is 20.3 Å². The molecule has 0 aliphatic carbocycles. The second kappa shape index (κ2) is 5.78. The summed E-state index contributed by atoms with van der Waals surface area (Å²) in [6, 6.07) is 7.36. The molecule has 0 spiro atoms. The normalized spacial score (nSPS) is 12.4. The minimum atomic E-state index is -1.25. The first-order valence-corrected chi connectivity index (χ1v) is 5.91. The number of benzene rings is 1. The lowest BCUT2D eigenvalue weighted by Gasteiger charge is -2.02. The smallest absolute Gasteiger partial charge is 0.171 e. The lowest BCUT2D eigenvalue weighted by atomic mass is 10.2. The molecule has 0 aliphatic rings. The van der Waals surface area contributed by atoms with Crippen LogP contribution >= 0.6 is 0 Å². The second-order valence-electron chi connectivity index (χ2n) is 3.28. The van der Waals surface area contributed by atoms with Crippen LogP contribution in [0.4, 0.5) is 0 Å². The summed E-state index contributed by atoms with van der Waals surface area (Å²) in [6.45, 7) is 1.95. The monoisotopic (exact) mass is 226 g/mol. The number of methoxy groups -OCH3 is 1. The zero-order valence-electron chi connectivity index (χ0n) is 8.86. The van der Waals surface area contributed by atoms with Gasteiger partial charge in [0.1, 0.15) is 6.61 Å². The first kappa shape index (κ1) is 12.1. The third-order valence-electron chi connectivity index (χ3n) is 1.85. The van der Waals surface area contributed by atoms with Gasteiger partial charge in [0, 0.05) is 12.0 Å². The molecule has 3 nitrogen and oxygen atoms in total. The van der Waals surface area contributed by atoms with Crippen LogP contribution in [0.1, 0.15) is 5.56 Å². The van der Waals surface area contributed by atoms with Gasteiger partial charge in [0.25, 0.3) is 0 Å². The fourth-order valence-corrected chi connectivity index (χ4v) is 2.28. The first-order chi connectivity index (χ1) is 7.13. The van der Waals surface area contributed by atoms with Gasteiger partial charge >= 0.3 is 0 Å². The van der Waals surface area contributed by atoms with Gasteiger partial charge in [-0.1, -0.05) is 12.1 Å². The van der Waals surface area contributed by atoms with E-state index in [2.05, 4.69) is 4.74 Å². The van der Waals surface area contributed by atoms with E-state index in [1.807, 2.05) is 25.1 Å². The Morgan fingerprint density at radius 3 is 2.80 bits per heavy atom. The van der Waals surface area contributed by atoms with Crippen molar-refractivity contribution in [3.05, 3.63) is 29.8 Å². The minimum absolute atomic E-state index is 0.0251. The van der Waals surface area contributed by atoms with Crippen molar-refractivity contribution in [3.8, 4) is 0 Å². The number of Topliss-reactive ketones (excluding diaryl/α,β-unsaturated/α-hetero) is 1. The Balaban J connectivity index is 2.65. The van der Waals surface area contributed by atoms with E-state index in [-0.39, 0.29) is 18.1 Å². The SMILES string of the molecule is COCC(=O)CS(=O)c1cccc(C)c1. The van der Waals surface area contributed by atoms with Gasteiger partial charge in [-0.3, -0.25) is 9.00 Å². The molecule has 15 heavy (non-hydrogen) atoms. The van der Waals surface area contributed by atoms with Gasteiger partial charge in [-0.05, 0) is 24.6 Å². The van der Waals surface area contributed by atoms with E-state index in [0.29, 0.717) is 4.90 Å². The zero-order chi connectivity index (χ0) is 11.3. The van der Waals surface area contributed by atoms with Gasteiger partial charge in [0.2, 0.25) is 0 Å². The third kappa shape index (κ3) is 3.93. The summed E-state index contributed by atoms with van der Waals surface area (Å²) in [5.74, 6) is -0.116. The summed E-state index contributed by atoms with van der Waals surface area (Å²) >= 11 is 0. The Labute approximate surface area is 91.9 Å². The third-order valence-corrected chi connectivity index (χ3v) is 3.21. The maximum absolute atomic E-state index is 11.7. The number of rotatable bonds is 5. The molecule has 1 atom stereocenters. The highest BCUT2D eigenvalue weighted by Crippen LogP contribution is 2.09. The van der Waals surface area contributed by atoms with Crippen molar-refractivity contribution in [2.45, 2.75) is 11.8 Å². The zero-order valence-corrected chi connectivity index (χ0v) is 9.67. The predicted molar refractivity (Wildman–Crippen MR) is 59.3 cm³/mol. The van der Waals surface area contributed by atoms with Crippen LogP contribution in [0.2, 0.25) is 0 Å². The van der Waals surface area contributed by atoms with E-state index in [0.717, 1.165) is 5.56 Å². The molecule has 0 fully saturated rings. The topological polar surface area (TPSA) is 43.4 Å². The highest BCUT2D eigenvalue weighted by Gasteiger charge is 2.09. The molecule has 0 radical (unpaired) electrons. The predicted octanol–water partition coefficient (Wildman–Crippen LogP) is 1.32. The Hall–Kier alpha value is -1.00. The molecular weight excluding hydrogens is 212 g/mol. The summed E-state index contributed by atoms with van der Waals surface area (Å²) in [6.07, 6.45) is 0. The molecule has 0 saturated heterocycles. The van der Waals surface area contributed by atoms with E-state index in [1.54, 1.807) is 6.07 Å². The van der Waals surface area contributed by atoms with Crippen LogP contribution in [0.25, 0.3) is 0 Å². The molecule has 0 aliphatic heterocycles. The Morgan fingerprint density at radius 1 is 1.47 bits per heavy atom. The molecule has 0 amide bonds. The van der Waals surface area contributed by atoms with Crippen LogP contribution in [-0.4, -0.2) is 29.5 Å². The molecule has 0 bridgehead atoms. The summed E-state index contributed by atoms with van der Waals surface area (Å²) < 4.78 is 16.4. The van der Waals surface area contributed by atoms with E-state index < -0.39 is 10.8 Å². The molecule has 0 heterocycles. The molecular formula is C11H14O3S. The molecule has 0 N–H and O–H groups in total. The van der Waals surface area contributed by atoms with Gasteiger partial charge < -0.3 is 4.74 Å².